The molecule has 2 N–H and O–H groups in total. The van der Waals surface area contributed by atoms with Gasteiger partial charge in [0.15, 0.2) is 0 Å². The van der Waals surface area contributed by atoms with Crippen molar-refractivity contribution in [2.45, 2.75) is 76.9 Å². The van der Waals surface area contributed by atoms with Gasteiger partial charge in [0, 0.05) is 55.8 Å². The van der Waals surface area contributed by atoms with Crippen molar-refractivity contribution in [2.75, 3.05) is 24.6 Å². The SMILES string of the molecule is CC(N)C1(C)CC(Cc2nncn2C)(c2cccc(N3Cc4c(cc(CN5CCO[C@H](C)C5)cc4C(F)(F)F)C3=O)c2)C1. The molecule has 1 saturated carbocycles. The normalized spacial score (nSPS) is 26.8. The number of nitrogens with two attached hydrogens (primary N) is 1. The number of aryl methyl sites for hydroxylation is 1. The molecule has 43 heavy (non-hydrogen) atoms. The number of carbonyl (C=O) groups is 1. The molecule has 1 unspecified atom stereocenters. The molecule has 230 valence electrons. The van der Waals surface area contributed by atoms with Crippen LogP contribution in [0.15, 0.2) is 42.7 Å². The van der Waals surface area contributed by atoms with Gasteiger partial charge in [-0.1, -0.05) is 19.1 Å². The van der Waals surface area contributed by atoms with E-state index in [1.165, 1.54) is 11.0 Å². The smallest absolute Gasteiger partial charge is 0.376 e. The molecule has 0 spiro atoms. The summed E-state index contributed by atoms with van der Waals surface area (Å²) < 4.78 is 50.6. The minimum atomic E-state index is -4.58. The number of benzene rings is 2. The van der Waals surface area contributed by atoms with Gasteiger partial charge < -0.3 is 19.9 Å². The fourth-order valence-electron chi connectivity index (χ4n) is 7.33. The zero-order chi connectivity index (χ0) is 30.7. The van der Waals surface area contributed by atoms with E-state index < -0.39 is 17.6 Å². The minimum absolute atomic E-state index is 0.00590. The standard InChI is InChI=1S/C32H39F3N6O2/c1-20-14-40(8-9-43-20)15-22-10-25-26(27(11-22)32(33,34)35)16-41(29(25)42)24-7-5-6-23(12-24)31(13-28-38-37-19-39(28)4)17-30(3,18-31)21(2)36/h5-7,10-12,19-21H,8-9,13-18,36H2,1-4H3/t20-,21?,30?,31?/m1/s1. The number of halogens is 3. The van der Waals surface area contributed by atoms with Gasteiger partial charge in [-0.15, -0.1) is 10.2 Å². The van der Waals surface area contributed by atoms with E-state index >= 15 is 0 Å². The first-order valence-electron chi connectivity index (χ1n) is 14.9. The monoisotopic (exact) mass is 596 g/mol. The lowest BCUT2D eigenvalue weighted by Gasteiger charge is -2.57. The van der Waals surface area contributed by atoms with Gasteiger partial charge >= 0.3 is 6.18 Å². The molecule has 3 aromatic rings. The number of amides is 1. The Hall–Kier alpha value is -3.28. The molecule has 2 fully saturated rings. The van der Waals surface area contributed by atoms with Crippen LogP contribution in [-0.2, 0) is 42.9 Å². The van der Waals surface area contributed by atoms with Gasteiger partial charge in [0.25, 0.3) is 5.91 Å². The molecule has 3 heterocycles. The highest BCUT2D eigenvalue weighted by molar-refractivity contribution is 6.10. The molecule has 1 aliphatic carbocycles. The topological polar surface area (TPSA) is 89.5 Å². The summed E-state index contributed by atoms with van der Waals surface area (Å²) in [6.07, 6.45) is -0.603. The predicted octanol–water partition coefficient (Wildman–Crippen LogP) is 4.84. The van der Waals surface area contributed by atoms with Crippen molar-refractivity contribution in [1.29, 1.82) is 0 Å². The van der Waals surface area contributed by atoms with Crippen molar-refractivity contribution in [3.05, 3.63) is 76.4 Å². The summed E-state index contributed by atoms with van der Waals surface area (Å²) in [5.41, 5.74) is 7.53. The zero-order valence-corrected chi connectivity index (χ0v) is 25.1. The Kier molecular flexibility index (Phi) is 7.42. The Labute approximate surface area is 250 Å². The predicted molar refractivity (Wildman–Crippen MR) is 156 cm³/mol. The Morgan fingerprint density at radius 2 is 1.98 bits per heavy atom. The Morgan fingerprint density at radius 1 is 1.21 bits per heavy atom. The molecule has 11 heteroatoms. The third kappa shape index (κ3) is 5.47. The first-order valence-corrected chi connectivity index (χ1v) is 14.9. The lowest BCUT2D eigenvalue weighted by atomic mass is 9.48. The van der Waals surface area contributed by atoms with Crippen LogP contribution in [0.1, 0.15) is 72.0 Å². The van der Waals surface area contributed by atoms with Crippen LogP contribution >= 0.6 is 0 Å². The van der Waals surface area contributed by atoms with Crippen LogP contribution in [0.2, 0.25) is 0 Å². The molecule has 0 radical (unpaired) electrons. The molecular formula is C32H39F3N6O2. The summed E-state index contributed by atoms with van der Waals surface area (Å²) in [7, 11) is 1.91. The van der Waals surface area contributed by atoms with E-state index in [2.05, 4.69) is 22.0 Å². The quantitative estimate of drug-likeness (QED) is 0.420. The van der Waals surface area contributed by atoms with E-state index in [1.54, 1.807) is 18.5 Å². The maximum absolute atomic E-state index is 14.4. The first kappa shape index (κ1) is 29.8. The highest BCUT2D eigenvalue weighted by atomic mass is 19.4. The van der Waals surface area contributed by atoms with Crippen molar-refractivity contribution in [1.82, 2.24) is 19.7 Å². The number of carbonyl (C=O) groups excluding carboxylic acids is 1. The summed E-state index contributed by atoms with van der Waals surface area (Å²) in [4.78, 5) is 17.3. The van der Waals surface area contributed by atoms with Crippen LogP contribution in [0.25, 0.3) is 0 Å². The zero-order valence-electron chi connectivity index (χ0n) is 25.1. The Balaban J connectivity index is 1.33. The third-order valence-corrected chi connectivity index (χ3v) is 9.79. The van der Waals surface area contributed by atoms with E-state index in [4.69, 9.17) is 10.5 Å². The van der Waals surface area contributed by atoms with Gasteiger partial charge in [0.1, 0.15) is 12.2 Å². The summed E-state index contributed by atoms with van der Waals surface area (Å²) in [6, 6.07) is 10.5. The molecule has 2 aliphatic heterocycles. The molecular weight excluding hydrogens is 557 g/mol. The fraction of sp³-hybridized carbons (Fsp3) is 0.531. The summed E-state index contributed by atoms with van der Waals surface area (Å²) in [5, 5.41) is 8.38. The summed E-state index contributed by atoms with van der Waals surface area (Å²) in [6.45, 7) is 8.15. The van der Waals surface area contributed by atoms with Crippen molar-refractivity contribution in [3.8, 4) is 0 Å². The van der Waals surface area contributed by atoms with E-state index in [0.29, 0.717) is 43.9 Å². The number of anilines is 1. The van der Waals surface area contributed by atoms with E-state index in [-0.39, 0.29) is 40.6 Å². The number of morpholine rings is 1. The fourth-order valence-corrected chi connectivity index (χ4v) is 7.33. The lowest BCUT2D eigenvalue weighted by Crippen LogP contribution is -2.56. The van der Waals surface area contributed by atoms with Gasteiger partial charge in [0.2, 0.25) is 0 Å². The molecule has 2 aromatic carbocycles. The number of alkyl halides is 3. The largest absolute Gasteiger partial charge is 0.416 e. The number of hydrogen-bond donors (Lipinski definition) is 1. The first-order chi connectivity index (χ1) is 20.3. The number of fused-ring (bicyclic) bond motifs is 1. The number of rotatable bonds is 7. The average Bonchev–Trinajstić information content (AvgIpc) is 3.48. The number of ether oxygens (including phenoxy) is 1. The van der Waals surface area contributed by atoms with Gasteiger partial charge in [-0.2, -0.15) is 13.2 Å². The molecule has 1 saturated heterocycles. The van der Waals surface area contributed by atoms with Crippen molar-refractivity contribution in [3.63, 3.8) is 0 Å². The van der Waals surface area contributed by atoms with Crippen LogP contribution in [0.5, 0.6) is 0 Å². The Morgan fingerprint density at radius 3 is 2.63 bits per heavy atom. The van der Waals surface area contributed by atoms with Gasteiger partial charge in [-0.05, 0) is 73.1 Å². The van der Waals surface area contributed by atoms with Gasteiger partial charge in [0.05, 0.1) is 24.8 Å². The van der Waals surface area contributed by atoms with Crippen molar-refractivity contribution < 1.29 is 22.7 Å². The number of aromatic nitrogens is 3. The minimum Gasteiger partial charge on any atom is -0.376 e. The highest BCUT2D eigenvalue weighted by Gasteiger charge is 2.55. The maximum atomic E-state index is 14.4. The van der Waals surface area contributed by atoms with E-state index in [9.17, 15) is 18.0 Å². The van der Waals surface area contributed by atoms with Gasteiger partial charge in [-0.3, -0.25) is 9.69 Å². The number of nitrogens with zero attached hydrogens (tertiary/aromatic N) is 5. The summed E-state index contributed by atoms with van der Waals surface area (Å²) in [5.74, 6) is 0.435. The van der Waals surface area contributed by atoms with Crippen molar-refractivity contribution >= 4 is 11.6 Å². The Bertz CT molecular complexity index is 1530. The molecule has 0 bridgehead atoms. The molecule has 2 atom stereocenters. The molecule has 1 aromatic heterocycles. The van der Waals surface area contributed by atoms with E-state index in [1.807, 2.05) is 43.7 Å². The molecule has 1 amide bonds. The van der Waals surface area contributed by atoms with Crippen molar-refractivity contribution in [2.24, 2.45) is 18.2 Å². The third-order valence-electron chi connectivity index (χ3n) is 9.79. The second-order valence-electron chi connectivity index (χ2n) is 13.1. The van der Waals surface area contributed by atoms with Crippen LogP contribution in [0.3, 0.4) is 0 Å². The van der Waals surface area contributed by atoms with Gasteiger partial charge in [-0.25, -0.2) is 0 Å². The second kappa shape index (κ2) is 10.7. The second-order valence-corrected chi connectivity index (χ2v) is 13.1. The average molecular weight is 597 g/mol. The maximum Gasteiger partial charge on any atom is 0.416 e. The van der Waals surface area contributed by atoms with Crippen LogP contribution in [-0.4, -0.2) is 57.4 Å². The van der Waals surface area contributed by atoms with Crippen LogP contribution in [0.4, 0.5) is 18.9 Å². The van der Waals surface area contributed by atoms with Crippen LogP contribution in [0, 0.1) is 5.41 Å². The summed E-state index contributed by atoms with van der Waals surface area (Å²) >= 11 is 0. The lowest BCUT2D eigenvalue weighted by molar-refractivity contribution is -0.138. The molecule has 6 rings (SSSR count). The van der Waals surface area contributed by atoms with E-state index in [0.717, 1.165) is 24.2 Å². The van der Waals surface area contributed by atoms with Crippen LogP contribution < -0.4 is 10.6 Å². The molecule has 3 aliphatic rings. The number of hydrogen-bond acceptors (Lipinski definition) is 6. The molecule has 8 nitrogen and oxygen atoms in total. The highest BCUT2D eigenvalue weighted by Crippen LogP contribution is 2.58.